The van der Waals surface area contributed by atoms with Gasteiger partial charge in [-0.3, -0.25) is 4.79 Å². The molecule has 1 amide bonds. The number of carbonyl (C=O) groups is 1. The van der Waals surface area contributed by atoms with Gasteiger partial charge in [0.2, 0.25) is 5.91 Å². The highest BCUT2D eigenvalue weighted by Crippen LogP contribution is 2.33. The summed E-state index contributed by atoms with van der Waals surface area (Å²) in [5, 5.41) is 120. The van der Waals surface area contributed by atoms with E-state index in [1.165, 1.54) is 64.2 Å². The topological polar surface area (TPSA) is 307 Å². The molecule has 0 bridgehead atoms. The number of amides is 1. The fraction of sp³-hybridized carbons (Fsp3) is 0.839. The second kappa shape index (κ2) is 40.0. The molecule has 0 aliphatic carbocycles. The van der Waals surface area contributed by atoms with Crippen molar-refractivity contribution >= 4 is 5.91 Å². The van der Waals surface area contributed by atoms with E-state index >= 15 is 0 Å². The van der Waals surface area contributed by atoms with Crippen molar-refractivity contribution in [3.05, 3.63) is 48.6 Å². The van der Waals surface area contributed by atoms with Crippen molar-refractivity contribution in [1.29, 1.82) is 0 Å². The van der Waals surface area contributed by atoms with Gasteiger partial charge in [-0.05, 0) is 51.4 Å². The van der Waals surface area contributed by atoms with Crippen LogP contribution in [-0.4, -0.2) is 193 Å². The summed E-state index contributed by atoms with van der Waals surface area (Å²) in [7, 11) is 0. The van der Waals surface area contributed by atoms with Crippen LogP contribution in [0.4, 0.5) is 0 Å². The third-order valence-corrected chi connectivity index (χ3v) is 14.1. The SMILES string of the molecule is CC/C=C\C/C=C\C/C=C\CCCCCCCC(=O)NC(COC1OC(CO)C(OC2OC(CO)C(OC3OC(CO)C(O)C(O)C3O)C(O)C2O)C(O)C1O)C(O)/C=C/CCCCCCCCCCCCCCC. The zero-order chi connectivity index (χ0) is 54.8. The maximum absolute atomic E-state index is 13.3. The highest BCUT2D eigenvalue weighted by atomic mass is 16.8. The lowest BCUT2D eigenvalue weighted by molar-refractivity contribution is -0.379. The van der Waals surface area contributed by atoms with E-state index in [0.29, 0.717) is 6.42 Å². The third-order valence-electron chi connectivity index (χ3n) is 14.1. The molecule has 3 fully saturated rings. The number of nitrogens with one attached hydrogen (secondary N) is 1. The lowest BCUT2D eigenvalue weighted by Crippen LogP contribution is -2.66. The predicted molar refractivity (Wildman–Crippen MR) is 282 cm³/mol. The normalized spacial score (nSPS) is 31.6. The molecule has 0 aromatic heterocycles. The molecule has 17 unspecified atom stereocenters. The minimum Gasteiger partial charge on any atom is -0.394 e. The quantitative estimate of drug-likeness (QED) is 0.0306. The lowest BCUT2D eigenvalue weighted by atomic mass is 9.96. The van der Waals surface area contributed by atoms with Crippen molar-refractivity contribution in [2.24, 2.45) is 0 Å². The van der Waals surface area contributed by atoms with E-state index in [-0.39, 0.29) is 18.9 Å². The number of ether oxygens (including phenoxy) is 6. The van der Waals surface area contributed by atoms with E-state index in [1.807, 2.05) is 6.08 Å². The summed E-state index contributed by atoms with van der Waals surface area (Å²) < 4.78 is 34.2. The van der Waals surface area contributed by atoms with Crippen molar-refractivity contribution in [2.45, 2.75) is 272 Å². The van der Waals surface area contributed by atoms with Crippen molar-refractivity contribution in [3.8, 4) is 0 Å². The van der Waals surface area contributed by atoms with Crippen LogP contribution in [0.5, 0.6) is 0 Å². The molecule has 0 aromatic carbocycles. The average molecular weight is 1070 g/mol. The van der Waals surface area contributed by atoms with Crippen LogP contribution in [0.3, 0.4) is 0 Å². The number of hydrogen-bond acceptors (Lipinski definition) is 18. The molecule has 17 atom stereocenters. The second-order valence-electron chi connectivity index (χ2n) is 20.4. The van der Waals surface area contributed by atoms with Gasteiger partial charge >= 0.3 is 0 Å². The standard InChI is InChI=1S/C56H99NO18/c1-3-5-7-9-11-13-15-17-19-21-23-25-27-29-31-33-40(61)39(57-44(62)34-32-30-28-26-24-22-20-18-16-14-12-10-8-6-4-2)38-70-54-50(68)47(65)52(42(36-59)72-54)75-56-51(69)48(66)53(43(37-60)73-56)74-55-49(67)46(64)45(63)41(35-58)71-55/h6,8,12,14,18,20,31,33,39-43,45-56,58-61,63-69H,3-5,7,9-11,13,15-17,19,21-30,32,34-38H2,1-2H3,(H,57,62)/b8-6-,14-12-,20-18-,33-31+. The fourth-order valence-corrected chi connectivity index (χ4v) is 9.44. The molecule has 75 heavy (non-hydrogen) atoms. The van der Waals surface area contributed by atoms with Gasteiger partial charge in [-0.25, -0.2) is 0 Å². The molecule has 3 heterocycles. The predicted octanol–water partition coefficient (Wildman–Crippen LogP) is 3.92. The molecule has 3 aliphatic rings. The van der Waals surface area contributed by atoms with Gasteiger partial charge < -0.3 is 89.9 Å². The monoisotopic (exact) mass is 1070 g/mol. The fourth-order valence-electron chi connectivity index (χ4n) is 9.44. The molecule has 12 N–H and O–H groups in total. The van der Waals surface area contributed by atoms with Gasteiger partial charge in [0, 0.05) is 6.42 Å². The Balaban J connectivity index is 1.54. The minimum atomic E-state index is -1.98. The summed E-state index contributed by atoms with van der Waals surface area (Å²) in [6.45, 7) is 1.57. The number of aliphatic hydroxyl groups excluding tert-OH is 11. The molecule has 19 nitrogen and oxygen atoms in total. The van der Waals surface area contributed by atoms with Gasteiger partial charge in [-0.15, -0.1) is 0 Å². The Morgan fingerprint density at radius 2 is 0.920 bits per heavy atom. The third kappa shape index (κ3) is 24.8. The van der Waals surface area contributed by atoms with Gasteiger partial charge in [0.1, 0.15) is 73.2 Å². The van der Waals surface area contributed by atoms with E-state index in [9.17, 15) is 61.0 Å². The first kappa shape index (κ1) is 67.0. The van der Waals surface area contributed by atoms with Crippen molar-refractivity contribution in [2.75, 3.05) is 26.4 Å². The Bertz CT molecular complexity index is 1570. The lowest BCUT2D eigenvalue weighted by Gasteiger charge is -2.48. The molecular weight excluding hydrogens is 975 g/mol. The van der Waals surface area contributed by atoms with Crippen LogP contribution >= 0.6 is 0 Å². The van der Waals surface area contributed by atoms with E-state index in [0.717, 1.165) is 77.0 Å². The molecule has 19 heteroatoms. The molecule has 0 aromatic rings. The molecule has 3 saturated heterocycles. The summed E-state index contributed by atoms with van der Waals surface area (Å²) in [6.07, 6.45) is 15.2. The second-order valence-corrected chi connectivity index (χ2v) is 20.4. The first-order chi connectivity index (χ1) is 36.3. The van der Waals surface area contributed by atoms with Gasteiger partial charge in [0.05, 0.1) is 38.6 Å². The van der Waals surface area contributed by atoms with Crippen LogP contribution in [0, 0.1) is 0 Å². The maximum Gasteiger partial charge on any atom is 0.220 e. The van der Waals surface area contributed by atoms with E-state index in [1.54, 1.807) is 6.08 Å². The highest BCUT2D eigenvalue weighted by molar-refractivity contribution is 5.76. The van der Waals surface area contributed by atoms with Gasteiger partial charge in [-0.1, -0.05) is 159 Å². The summed E-state index contributed by atoms with van der Waals surface area (Å²) in [5.41, 5.74) is 0. The Hall–Kier alpha value is -2.25. The number of allylic oxidation sites excluding steroid dienone is 7. The number of rotatable bonds is 40. The molecule has 0 spiro atoms. The Morgan fingerprint density at radius 1 is 0.493 bits per heavy atom. The molecule has 0 radical (unpaired) electrons. The van der Waals surface area contributed by atoms with Crippen molar-refractivity contribution in [1.82, 2.24) is 5.32 Å². The molecule has 3 aliphatic heterocycles. The number of unbranched alkanes of at least 4 members (excludes halogenated alkanes) is 18. The van der Waals surface area contributed by atoms with Crippen LogP contribution in [0.25, 0.3) is 0 Å². The Kier molecular flexibility index (Phi) is 35.8. The average Bonchev–Trinajstić information content (AvgIpc) is 3.41. The zero-order valence-electron chi connectivity index (χ0n) is 45.0. The Morgan fingerprint density at radius 3 is 1.44 bits per heavy atom. The number of carbonyl (C=O) groups excluding carboxylic acids is 1. The van der Waals surface area contributed by atoms with Crippen LogP contribution in [0.2, 0.25) is 0 Å². The van der Waals surface area contributed by atoms with Gasteiger partial charge in [0.25, 0.3) is 0 Å². The number of aliphatic hydroxyl groups is 11. The van der Waals surface area contributed by atoms with E-state index < -0.39 is 124 Å². The van der Waals surface area contributed by atoms with Crippen LogP contribution in [0.1, 0.15) is 168 Å². The van der Waals surface area contributed by atoms with Crippen LogP contribution in [-0.2, 0) is 33.2 Å². The molecule has 436 valence electrons. The first-order valence-corrected chi connectivity index (χ1v) is 28.4. The smallest absolute Gasteiger partial charge is 0.220 e. The van der Waals surface area contributed by atoms with Gasteiger partial charge in [0.15, 0.2) is 18.9 Å². The van der Waals surface area contributed by atoms with Gasteiger partial charge in [-0.2, -0.15) is 0 Å². The van der Waals surface area contributed by atoms with E-state index in [4.69, 9.17) is 28.4 Å². The first-order valence-electron chi connectivity index (χ1n) is 28.4. The van der Waals surface area contributed by atoms with Crippen molar-refractivity contribution in [3.63, 3.8) is 0 Å². The van der Waals surface area contributed by atoms with E-state index in [2.05, 4.69) is 55.6 Å². The number of hydrogen-bond donors (Lipinski definition) is 12. The summed E-state index contributed by atoms with van der Waals surface area (Å²) in [4.78, 5) is 13.3. The molecular formula is C56H99NO18. The zero-order valence-corrected chi connectivity index (χ0v) is 45.0. The summed E-state index contributed by atoms with van der Waals surface area (Å²) in [5.74, 6) is -0.296. The molecule has 3 rings (SSSR count). The molecule has 0 saturated carbocycles. The Labute approximate surface area is 446 Å². The minimum absolute atomic E-state index is 0.222. The van der Waals surface area contributed by atoms with Crippen LogP contribution < -0.4 is 5.32 Å². The summed E-state index contributed by atoms with van der Waals surface area (Å²) >= 11 is 0. The summed E-state index contributed by atoms with van der Waals surface area (Å²) in [6, 6.07) is -0.981. The largest absolute Gasteiger partial charge is 0.394 e. The van der Waals surface area contributed by atoms with Crippen LogP contribution in [0.15, 0.2) is 48.6 Å². The van der Waals surface area contributed by atoms with Crippen molar-refractivity contribution < 1.29 is 89.4 Å². The highest BCUT2D eigenvalue weighted by Gasteiger charge is 2.53. The maximum atomic E-state index is 13.3.